The summed E-state index contributed by atoms with van der Waals surface area (Å²) in [6, 6.07) is 66.1. The van der Waals surface area contributed by atoms with E-state index < -0.39 is 0 Å². The Bertz CT molecular complexity index is 3750. The van der Waals surface area contributed by atoms with Gasteiger partial charge in [0.25, 0.3) is 0 Å². The maximum atomic E-state index is 6.60. The molecule has 0 N–H and O–H groups in total. The van der Waals surface area contributed by atoms with E-state index in [1.165, 1.54) is 85.7 Å². The summed E-state index contributed by atoms with van der Waals surface area (Å²) in [5, 5.41) is 14.5. The van der Waals surface area contributed by atoms with Crippen LogP contribution in [0.2, 0.25) is 0 Å². The highest BCUT2D eigenvalue weighted by molar-refractivity contribution is 7.26. The average molecular weight is 743 g/mol. The Balaban J connectivity index is 0.924. The van der Waals surface area contributed by atoms with Gasteiger partial charge in [-0.15, -0.1) is 11.3 Å². The van der Waals surface area contributed by atoms with E-state index in [4.69, 9.17) is 8.83 Å². The van der Waals surface area contributed by atoms with Crippen molar-refractivity contribution in [2.75, 3.05) is 0 Å². The van der Waals surface area contributed by atoms with E-state index in [2.05, 4.69) is 170 Å². The molecule has 0 saturated carbocycles. The highest BCUT2D eigenvalue weighted by atomic mass is 32.1. The fourth-order valence-electron chi connectivity index (χ4n) is 9.40. The lowest BCUT2D eigenvalue weighted by molar-refractivity contribution is 0.669. The van der Waals surface area contributed by atoms with Gasteiger partial charge in [-0.05, 0) is 114 Å². The van der Waals surface area contributed by atoms with Gasteiger partial charge in [0.1, 0.15) is 16.7 Å². The maximum absolute atomic E-state index is 6.60. The summed E-state index contributed by atoms with van der Waals surface area (Å²) in [6.45, 7) is 0. The summed E-state index contributed by atoms with van der Waals surface area (Å²) >= 11 is 1.81. The van der Waals surface area contributed by atoms with Gasteiger partial charge < -0.3 is 8.83 Å². The molecule has 0 amide bonds. The molecule has 0 atom stereocenters. The van der Waals surface area contributed by atoms with Crippen molar-refractivity contribution in [1.82, 2.24) is 0 Å². The predicted octanol–water partition coefficient (Wildman–Crippen LogP) is 16.3. The lowest BCUT2D eigenvalue weighted by Crippen LogP contribution is -1.91. The molecule has 57 heavy (non-hydrogen) atoms. The molecule has 3 heteroatoms. The van der Waals surface area contributed by atoms with Crippen molar-refractivity contribution in [3.63, 3.8) is 0 Å². The van der Waals surface area contributed by atoms with E-state index in [1.54, 1.807) is 0 Å². The number of fused-ring (bicyclic) bond motifs is 13. The fraction of sp³-hybridized carbons (Fsp3) is 0. The van der Waals surface area contributed by atoms with Gasteiger partial charge in [-0.2, -0.15) is 0 Å². The van der Waals surface area contributed by atoms with Crippen molar-refractivity contribution < 1.29 is 8.83 Å². The van der Waals surface area contributed by atoms with Gasteiger partial charge in [0.2, 0.25) is 0 Å². The molecule has 0 fully saturated rings. The zero-order valence-corrected chi connectivity index (χ0v) is 31.4. The molecule has 3 heterocycles. The van der Waals surface area contributed by atoms with E-state index in [0.717, 1.165) is 44.1 Å². The summed E-state index contributed by atoms with van der Waals surface area (Å²) in [6.07, 6.45) is 0. The van der Waals surface area contributed by atoms with Crippen LogP contribution in [0.3, 0.4) is 0 Å². The third-order valence-corrected chi connectivity index (χ3v) is 13.2. The van der Waals surface area contributed by atoms with Gasteiger partial charge in [0.05, 0.1) is 4.70 Å². The summed E-state index contributed by atoms with van der Waals surface area (Å²) in [4.78, 5) is 0. The summed E-state index contributed by atoms with van der Waals surface area (Å²) in [5.74, 6) is 0. The molecule has 0 unspecified atom stereocenters. The molecular weight excluding hydrogens is 713 g/mol. The molecule has 2 nitrogen and oxygen atoms in total. The van der Waals surface area contributed by atoms with Crippen LogP contribution in [0.25, 0.3) is 130 Å². The van der Waals surface area contributed by atoms with Crippen LogP contribution in [0.5, 0.6) is 0 Å². The second kappa shape index (κ2) is 11.7. The van der Waals surface area contributed by atoms with Gasteiger partial charge in [0.15, 0.2) is 5.58 Å². The number of thiophene rings is 1. The molecule has 0 aliphatic rings. The normalized spacial score (nSPS) is 12.2. The number of hydrogen-bond acceptors (Lipinski definition) is 3. The first kappa shape index (κ1) is 31.1. The highest BCUT2D eigenvalue weighted by Crippen LogP contribution is 2.46. The molecule has 13 aromatic rings. The minimum atomic E-state index is 0.909. The molecule has 264 valence electrons. The van der Waals surface area contributed by atoms with Gasteiger partial charge in [-0.3, -0.25) is 0 Å². The monoisotopic (exact) mass is 742 g/mol. The lowest BCUT2D eigenvalue weighted by Gasteiger charge is -2.18. The Labute approximate surface area is 330 Å². The molecular formula is C54H30O2S. The van der Waals surface area contributed by atoms with E-state index in [-0.39, 0.29) is 0 Å². The first-order chi connectivity index (χ1) is 28.2. The molecule has 0 radical (unpaired) electrons. The summed E-state index contributed by atoms with van der Waals surface area (Å²) in [5.41, 5.74) is 11.0. The van der Waals surface area contributed by atoms with Gasteiger partial charge in [0, 0.05) is 37.0 Å². The predicted molar refractivity (Wildman–Crippen MR) is 243 cm³/mol. The van der Waals surface area contributed by atoms with Crippen molar-refractivity contribution in [2.45, 2.75) is 0 Å². The maximum Gasteiger partial charge on any atom is 0.153 e. The summed E-state index contributed by atoms with van der Waals surface area (Å²) < 4.78 is 15.5. The molecule has 0 aliphatic heterocycles. The topological polar surface area (TPSA) is 26.3 Å². The third-order valence-electron chi connectivity index (χ3n) is 12.0. The van der Waals surface area contributed by atoms with Crippen LogP contribution < -0.4 is 0 Å². The van der Waals surface area contributed by atoms with Crippen molar-refractivity contribution in [3.05, 3.63) is 182 Å². The van der Waals surface area contributed by atoms with Gasteiger partial charge in [-0.1, -0.05) is 133 Å². The number of furan rings is 2. The van der Waals surface area contributed by atoms with Gasteiger partial charge in [-0.25, -0.2) is 0 Å². The van der Waals surface area contributed by atoms with Crippen molar-refractivity contribution in [1.29, 1.82) is 0 Å². The zero-order chi connectivity index (χ0) is 37.2. The van der Waals surface area contributed by atoms with Crippen LogP contribution in [0.4, 0.5) is 0 Å². The minimum absolute atomic E-state index is 0.909. The van der Waals surface area contributed by atoms with Crippen molar-refractivity contribution in [3.8, 4) is 33.4 Å². The first-order valence-electron chi connectivity index (χ1n) is 19.4. The van der Waals surface area contributed by atoms with Crippen molar-refractivity contribution >= 4 is 108 Å². The third kappa shape index (κ3) is 4.52. The molecule has 0 saturated heterocycles. The standard InChI is InChI=1S/C54H30O2S/c1-3-13-42-40(11-1)51(41-12-2-4-14-43(41)52(42)35-23-24-38-37-9-5-7-15-47(37)55-48(38)30-35)32-19-17-31(18-20-32)33-21-22-34-29-49-46(28-36(34)27-33)44-25-26-45-39-10-6-8-16-50(39)57-54(45)53(44)56-49/h1-30H. The van der Waals surface area contributed by atoms with E-state index in [1.807, 2.05) is 23.5 Å². The number of para-hydroxylation sites is 1. The van der Waals surface area contributed by atoms with Crippen LogP contribution in [0, 0.1) is 0 Å². The first-order valence-corrected chi connectivity index (χ1v) is 20.2. The molecule has 10 aromatic carbocycles. The minimum Gasteiger partial charge on any atom is -0.456 e. The number of rotatable bonds is 3. The number of hydrogen-bond donors (Lipinski definition) is 0. The van der Waals surface area contributed by atoms with Crippen LogP contribution in [-0.4, -0.2) is 0 Å². The van der Waals surface area contributed by atoms with E-state index in [9.17, 15) is 0 Å². The SMILES string of the molecule is c1ccc2c(c1)oc1cc(-c3c4ccccc4c(-c4ccc(-c5ccc6cc7oc8c(ccc9c%10ccccc%10sc98)c7cc6c5)cc4)c4ccccc34)ccc12. The number of benzene rings is 10. The summed E-state index contributed by atoms with van der Waals surface area (Å²) in [7, 11) is 0. The Morgan fingerprint density at radius 3 is 1.63 bits per heavy atom. The van der Waals surface area contributed by atoms with Crippen LogP contribution in [-0.2, 0) is 0 Å². The Morgan fingerprint density at radius 2 is 0.860 bits per heavy atom. The molecule has 3 aromatic heterocycles. The zero-order valence-electron chi connectivity index (χ0n) is 30.5. The Morgan fingerprint density at radius 1 is 0.298 bits per heavy atom. The van der Waals surface area contributed by atoms with Crippen LogP contribution in [0.15, 0.2) is 191 Å². The lowest BCUT2D eigenvalue weighted by atomic mass is 9.85. The highest BCUT2D eigenvalue weighted by Gasteiger charge is 2.19. The Kier molecular flexibility index (Phi) is 6.35. The second-order valence-corrected chi connectivity index (χ2v) is 16.2. The van der Waals surface area contributed by atoms with E-state index >= 15 is 0 Å². The quantitative estimate of drug-likeness (QED) is 0.169. The largest absolute Gasteiger partial charge is 0.456 e. The second-order valence-electron chi connectivity index (χ2n) is 15.2. The van der Waals surface area contributed by atoms with Gasteiger partial charge >= 0.3 is 0 Å². The molecule has 0 aliphatic carbocycles. The smallest absolute Gasteiger partial charge is 0.153 e. The average Bonchev–Trinajstić information content (AvgIpc) is 3.95. The fourth-order valence-corrected chi connectivity index (χ4v) is 10.6. The van der Waals surface area contributed by atoms with Crippen molar-refractivity contribution in [2.24, 2.45) is 0 Å². The molecule has 13 rings (SSSR count). The van der Waals surface area contributed by atoms with Crippen LogP contribution in [0.1, 0.15) is 0 Å². The van der Waals surface area contributed by atoms with Crippen LogP contribution >= 0.6 is 11.3 Å². The molecule has 0 spiro atoms. The molecule has 0 bridgehead atoms. The van der Waals surface area contributed by atoms with E-state index in [0.29, 0.717) is 0 Å². The Hall–Kier alpha value is -7.20.